The summed E-state index contributed by atoms with van der Waals surface area (Å²) in [4.78, 5) is 26.0. The van der Waals surface area contributed by atoms with Gasteiger partial charge in [0.05, 0.1) is 11.4 Å². The van der Waals surface area contributed by atoms with E-state index in [1.165, 1.54) is 25.1 Å². The highest BCUT2D eigenvalue weighted by molar-refractivity contribution is 9.10. The molecule has 0 aliphatic heterocycles. The number of nitrogens with one attached hydrogen (secondary N) is 1. The van der Waals surface area contributed by atoms with E-state index < -0.39 is 5.82 Å². The molecule has 2 aromatic rings. The first-order valence-electron chi connectivity index (χ1n) is 7.62. The van der Waals surface area contributed by atoms with Crippen LogP contribution in [0, 0.1) is 5.82 Å². The molecule has 0 spiro atoms. The minimum absolute atomic E-state index is 0.120. The molecule has 6 heteroatoms. The molecule has 1 saturated carbocycles. The van der Waals surface area contributed by atoms with Crippen LogP contribution in [0.15, 0.2) is 46.9 Å². The molecule has 1 fully saturated rings. The lowest BCUT2D eigenvalue weighted by atomic mass is 10.2. The second-order valence-electron chi connectivity index (χ2n) is 5.75. The zero-order valence-electron chi connectivity index (χ0n) is 13.1. The summed E-state index contributed by atoms with van der Waals surface area (Å²) in [5.74, 6) is -0.952. The third-order valence-electron chi connectivity index (χ3n) is 3.80. The van der Waals surface area contributed by atoms with Crippen molar-refractivity contribution in [2.45, 2.75) is 25.8 Å². The summed E-state index contributed by atoms with van der Waals surface area (Å²) in [6, 6.07) is 11.1. The summed E-state index contributed by atoms with van der Waals surface area (Å²) in [7, 11) is 0. The van der Waals surface area contributed by atoms with Gasteiger partial charge in [0.15, 0.2) is 0 Å². The lowest BCUT2D eigenvalue weighted by Gasteiger charge is -2.24. The first-order chi connectivity index (χ1) is 11.5. The molecule has 1 aliphatic rings. The molecule has 2 amide bonds. The molecule has 124 valence electrons. The standard InChI is InChI=1S/C18H16BrFN2O2/c1-11(23)22(15-6-7-15)17-8-5-14(20)10-16(17)21-18(24)12-3-2-4-13(19)9-12/h2-5,8-10,15H,6-7H2,1H3,(H,21,24). The minimum atomic E-state index is -0.470. The lowest BCUT2D eigenvalue weighted by Crippen LogP contribution is -2.31. The molecule has 0 unspecified atom stereocenters. The van der Waals surface area contributed by atoms with Crippen molar-refractivity contribution in [3.05, 3.63) is 58.3 Å². The lowest BCUT2D eigenvalue weighted by molar-refractivity contribution is -0.116. The van der Waals surface area contributed by atoms with Gasteiger partial charge in [0.1, 0.15) is 5.82 Å². The van der Waals surface area contributed by atoms with Crippen LogP contribution in [0.25, 0.3) is 0 Å². The van der Waals surface area contributed by atoms with Crippen LogP contribution >= 0.6 is 15.9 Å². The van der Waals surface area contributed by atoms with E-state index in [9.17, 15) is 14.0 Å². The summed E-state index contributed by atoms with van der Waals surface area (Å²) in [6.45, 7) is 1.47. The van der Waals surface area contributed by atoms with Gasteiger partial charge >= 0.3 is 0 Å². The number of hydrogen-bond donors (Lipinski definition) is 1. The minimum Gasteiger partial charge on any atom is -0.320 e. The fourth-order valence-corrected chi connectivity index (χ4v) is 3.00. The molecule has 4 nitrogen and oxygen atoms in total. The summed E-state index contributed by atoms with van der Waals surface area (Å²) < 4.78 is 14.5. The largest absolute Gasteiger partial charge is 0.320 e. The predicted molar refractivity (Wildman–Crippen MR) is 94.7 cm³/mol. The van der Waals surface area contributed by atoms with Crippen LogP contribution in [-0.2, 0) is 4.79 Å². The van der Waals surface area contributed by atoms with E-state index in [0.29, 0.717) is 16.9 Å². The van der Waals surface area contributed by atoms with Crippen LogP contribution in [-0.4, -0.2) is 17.9 Å². The molecule has 0 bridgehead atoms. The highest BCUT2D eigenvalue weighted by Gasteiger charge is 2.33. The Morgan fingerprint density at radius 3 is 2.58 bits per heavy atom. The number of rotatable bonds is 4. The van der Waals surface area contributed by atoms with Gasteiger partial charge in [-0.2, -0.15) is 0 Å². The van der Waals surface area contributed by atoms with Gasteiger partial charge in [-0.05, 0) is 49.2 Å². The normalized spacial score (nSPS) is 13.5. The molecular weight excluding hydrogens is 375 g/mol. The Morgan fingerprint density at radius 2 is 1.96 bits per heavy atom. The summed E-state index contributed by atoms with van der Waals surface area (Å²) >= 11 is 3.32. The fraction of sp³-hybridized carbons (Fsp3) is 0.222. The molecule has 0 heterocycles. The number of nitrogens with zero attached hydrogens (tertiary/aromatic N) is 1. The van der Waals surface area contributed by atoms with Crippen LogP contribution in [0.1, 0.15) is 30.1 Å². The van der Waals surface area contributed by atoms with Gasteiger partial charge in [-0.3, -0.25) is 9.59 Å². The molecule has 2 aromatic carbocycles. The van der Waals surface area contributed by atoms with E-state index in [1.807, 2.05) is 6.07 Å². The van der Waals surface area contributed by atoms with Crippen molar-refractivity contribution >= 4 is 39.1 Å². The quantitative estimate of drug-likeness (QED) is 0.842. The predicted octanol–water partition coefficient (Wildman–Crippen LogP) is 4.36. The second-order valence-corrected chi connectivity index (χ2v) is 6.66. The van der Waals surface area contributed by atoms with E-state index in [4.69, 9.17) is 0 Å². The smallest absolute Gasteiger partial charge is 0.255 e. The zero-order chi connectivity index (χ0) is 17.3. The van der Waals surface area contributed by atoms with Crippen molar-refractivity contribution in [1.82, 2.24) is 0 Å². The fourth-order valence-electron chi connectivity index (χ4n) is 2.60. The number of carbonyl (C=O) groups is 2. The Balaban J connectivity index is 1.93. The molecule has 0 aromatic heterocycles. The molecule has 0 atom stereocenters. The Bertz CT molecular complexity index is 805. The molecule has 3 rings (SSSR count). The Morgan fingerprint density at radius 1 is 1.21 bits per heavy atom. The van der Waals surface area contributed by atoms with E-state index in [-0.39, 0.29) is 17.9 Å². The Kier molecular flexibility index (Phi) is 4.66. The topological polar surface area (TPSA) is 49.4 Å². The zero-order valence-corrected chi connectivity index (χ0v) is 14.6. The van der Waals surface area contributed by atoms with Crippen LogP contribution in [0.3, 0.4) is 0 Å². The maximum atomic E-state index is 13.7. The first kappa shape index (κ1) is 16.6. The van der Waals surface area contributed by atoms with E-state index >= 15 is 0 Å². The number of halogens is 2. The highest BCUT2D eigenvalue weighted by atomic mass is 79.9. The summed E-state index contributed by atoms with van der Waals surface area (Å²) in [5.41, 5.74) is 1.26. The molecule has 0 saturated heterocycles. The first-order valence-corrected chi connectivity index (χ1v) is 8.41. The third kappa shape index (κ3) is 3.64. The SMILES string of the molecule is CC(=O)N(c1ccc(F)cc1NC(=O)c1cccc(Br)c1)C1CC1. The number of benzene rings is 2. The second kappa shape index (κ2) is 6.73. The van der Waals surface area contributed by atoms with Gasteiger partial charge in [0.2, 0.25) is 5.91 Å². The molecule has 1 aliphatic carbocycles. The average molecular weight is 391 g/mol. The van der Waals surface area contributed by atoms with Crippen LogP contribution < -0.4 is 10.2 Å². The van der Waals surface area contributed by atoms with Crippen molar-refractivity contribution in [2.24, 2.45) is 0 Å². The van der Waals surface area contributed by atoms with E-state index in [0.717, 1.165) is 17.3 Å². The highest BCUT2D eigenvalue weighted by Crippen LogP contribution is 2.36. The van der Waals surface area contributed by atoms with Crippen molar-refractivity contribution in [2.75, 3.05) is 10.2 Å². The number of carbonyl (C=O) groups excluding carboxylic acids is 2. The number of amides is 2. The van der Waals surface area contributed by atoms with Gasteiger partial charge in [-0.25, -0.2) is 4.39 Å². The number of anilines is 2. The maximum absolute atomic E-state index is 13.7. The monoisotopic (exact) mass is 390 g/mol. The Hall–Kier alpha value is -2.21. The van der Waals surface area contributed by atoms with Crippen molar-refractivity contribution in [3.8, 4) is 0 Å². The molecule has 1 N–H and O–H groups in total. The van der Waals surface area contributed by atoms with Crippen molar-refractivity contribution in [3.63, 3.8) is 0 Å². The Labute approximate surface area is 147 Å². The van der Waals surface area contributed by atoms with Crippen molar-refractivity contribution in [1.29, 1.82) is 0 Å². The van der Waals surface area contributed by atoms with Crippen molar-refractivity contribution < 1.29 is 14.0 Å². The van der Waals surface area contributed by atoms with Gasteiger partial charge in [-0.15, -0.1) is 0 Å². The van der Waals surface area contributed by atoms with Crippen LogP contribution in [0.5, 0.6) is 0 Å². The van der Waals surface area contributed by atoms with Crippen LogP contribution in [0.2, 0.25) is 0 Å². The summed E-state index contributed by atoms with van der Waals surface area (Å²) in [5, 5.41) is 2.72. The molecular formula is C18H16BrFN2O2. The van der Waals surface area contributed by atoms with Gasteiger partial charge < -0.3 is 10.2 Å². The van der Waals surface area contributed by atoms with Gasteiger partial charge in [-0.1, -0.05) is 22.0 Å². The maximum Gasteiger partial charge on any atom is 0.255 e. The summed E-state index contributed by atoms with van der Waals surface area (Å²) in [6.07, 6.45) is 1.83. The van der Waals surface area contributed by atoms with E-state index in [1.54, 1.807) is 23.1 Å². The number of hydrogen-bond acceptors (Lipinski definition) is 2. The third-order valence-corrected chi connectivity index (χ3v) is 4.30. The molecule has 0 radical (unpaired) electrons. The van der Waals surface area contributed by atoms with E-state index in [2.05, 4.69) is 21.2 Å². The van der Waals surface area contributed by atoms with Gasteiger partial charge in [0.25, 0.3) is 5.91 Å². The molecule has 24 heavy (non-hydrogen) atoms. The van der Waals surface area contributed by atoms with Gasteiger partial charge in [0, 0.05) is 23.0 Å². The average Bonchev–Trinajstić information content (AvgIpc) is 3.34. The van der Waals surface area contributed by atoms with Crippen LogP contribution in [0.4, 0.5) is 15.8 Å².